The number of hydrogen-bond donors (Lipinski definition) is 4. The van der Waals surface area contributed by atoms with E-state index in [1.54, 1.807) is 6.08 Å². The summed E-state index contributed by atoms with van der Waals surface area (Å²) in [4.78, 5) is 10.8. The molecule has 0 spiro atoms. The molecule has 0 atom stereocenters. The molecule has 5 nitrogen and oxygen atoms in total. The Morgan fingerprint density at radius 1 is 0.939 bits per heavy atom. The van der Waals surface area contributed by atoms with E-state index in [2.05, 4.69) is 43.8 Å². The molecule has 5 heteroatoms. The van der Waals surface area contributed by atoms with E-state index in [0.717, 1.165) is 40.3 Å². The van der Waals surface area contributed by atoms with Crippen LogP contribution in [0.2, 0.25) is 0 Å². The van der Waals surface area contributed by atoms with Crippen molar-refractivity contribution in [1.29, 1.82) is 5.41 Å². The number of nitrogen functional groups attached to an aromatic ring is 1. The summed E-state index contributed by atoms with van der Waals surface area (Å²) in [5, 5.41) is 16.6. The van der Waals surface area contributed by atoms with Crippen molar-refractivity contribution in [2.24, 2.45) is 5.73 Å². The summed E-state index contributed by atoms with van der Waals surface area (Å²) in [7, 11) is 1.50. The third kappa shape index (κ3) is 6.51. The van der Waals surface area contributed by atoms with Gasteiger partial charge in [0.25, 0.3) is 0 Å². The highest BCUT2D eigenvalue weighted by molar-refractivity contribution is 6.00. The Labute approximate surface area is 195 Å². The largest absolute Gasteiger partial charge is 0.478 e. The van der Waals surface area contributed by atoms with Crippen molar-refractivity contribution in [1.82, 2.24) is 0 Å². The van der Waals surface area contributed by atoms with E-state index in [1.165, 1.54) is 24.4 Å². The van der Waals surface area contributed by atoms with Crippen LogP contribution >= 0.6 is 0 Å². The maximum Gasteiger partial charge on any atom is 0.328 e. The van der Waals surface area contributed by atoms with E-state index in [4.69, 9.17) is 16.2 Å². The molecular formula is C28H31N3O2. The number of aryl methyl sites for hydroxylation is 1. The van der Waals surface area contributed by atoms with Crippen LogP contribution in [0.25, 0.3) is 17.2 Å². The molecule has 170 valence electrons. The third-order valence-corrected chi connectivity index (χ3v) is 5.20. The monoisotopic (exact) mass is 441 g/mol. The van der Waals surface area contributed by atoms with Crippen molar-refractivity contribution in [3.63, 3.8) is 0 Å². The number of carboxylic acid groups (broad SMARTS) is 1. The molecule has 3 aromatic rings. The topological polar surface area (TPSA) is 113 Å². The van der Waals surface area contributed by atoms with Crippen molar-refractivity contribution in [2.75, 3.05) is 12.8 Å². The second-order valence-electron chi connectivity index (χ2n) is 7.35. The molecule has 0 aromatic heterocycles. The van der Waals surface area contributed by atoms with E-state index in [9.17, 15) is 4.79 Å². The molecule has 0 aliphatic rings. The van der Waals surface area contributed by atoms with E-state index in [0.29, 0.717) is 11.3 Å². The predicted octanol–water partition coefficient (Wildman–Crippen LogP) is 5.62. The molecule has 0 unspecified atom stereocenters. The lowest BCUT2D eigenvalue weighted by Gasteiger charge is -2.17. The Balaban J connectivity index is 0.00000187. The minimum Gasteiger partial charge on any atom is -0.478 e. The van der Waals surface area contributed by atoms with Crippen LogP contribution in [0.5, 0.6) is 0 Å². The summed E-state index contributed by atoms with van der Waals surface area (Å²) in [6.45, 7) is 4.20. The Hall–Kier alpha value is -3.96. The number of allylic oxidation sites excluding steroid dienone is 1. The molecular weight excluding hydrogens is 410 g/mol. The number of benzene rings is 3. The first kappa shape index (κ1) is 25.3. The lowest BCUT2D eigenvalue weighted by atomic mass is 9.87. The summed E-state index contributed by atoms with van der Waals surface area (Å²) >= 11 is 0. The number of carboxylic acids is 1. The highest BCUT2D eigenvalue weighted by Crippen LogP contribution is 2.35. The van der Waals surface area contributed by atoms with Crippen molar-refractivity contribution in [3.8, 4) is 0 Å². The molecule has 0 bridgehead atoms. The number of anilines is 1. The maximum absolute atomic E-state index is 10.8. The van der Waals surface area contributed by atoms with Gasteiger partial charge in [0.1, 0.15) is 0 Å². The minimum absolute atomic E-state index is 0.570. The molecule has 0 aliphatic heterocycles. The fourth-order valence-corrected chi connectivity index (χ4v) is 3.58. The molecule has 0 aliphatic carbocycles. The zero-order chi connectivity index (χ0) is 24.4. The van der Waals surface area contributed by atoms with E-state index >= 15 is 0 Å². The molecule has 6 N–H and O–H groups in total. The van der Waals surface area contributed by atoms with Gasteiger partial charge < -0.3 is 22.0 Å². The van der Waals surface area contributed by atoms with Gasteiger partial charge in [-0.1, -0.05) is 67.1 Å². The van der Waals surface area contributed by atoms with Crippen LogP contribution in [0.15, 0.2) is 72.8 Å². The SMILES string of the molecule is CC/C(=C(/c1ccc(/C=C/C(=O)O)cc1)c1ccc(N)c(C=N)c1)c1ccc(C)cc1.CN. The summed E-state index contributed by atoms with van der Waals surface area (Å²) in [6.07, 6.45) is 4.80. The number of rotatable bonds is 7. The molecule has 3 rings (SSSR count). The van der Waals surface area contributed by atoms with Gasteiger partial charge in [-0.2, -0.15) is 0 Å². The van der Waals surface area contributed by atoms with Crippen LogP contribution in [0.1, 0.15) is 46.7 Å². The number of nitrogens with two attached hydrogens (primary N) is 2. The quantitative estimate of drug-likeness (QED) is 0.165. The highest BCUT2D eigenvalue weighted by atomic mass is 16.4. The molecule has 0 saturated heterocycles. The van der Waals surface area contributed by atoms with Crippen LogP contribution in [-0.4, -0.2) is 24.3 Å². The van der Waals surface area contributed by atoms with Crippen molar-refractivity contribution < 1.29 is 9.90 Å². The summed E-state index contributed by atoms with van der Waals surface area (Å²) in [5.74, 6) is -0.974. The summed E-state index contributed by atoms with van der Waals surface area (Å²) in [5.41, 5.74) is 19.2. The van der Waals surface area contributed by atoms with Crippen LogP contribution in [0.4, 0.5) is 5.69 Å². The smallest absolute Gasteiger partial charge is 0.328 e. The van der Waals surface area contributed by atoms with Gasteiger partial charge >= 0.3 is 5.97 Å². The van der Waals surface area contributed by atoms with Gasteiger partial charge in [0, 0.05) is 23.5 Å². The van der Waals surface area contributed by atoms with Gasteiger partial charge in [-0.25, -0.2) is 4.79 Å². The van der Waals surface area contributed by atoms with Gasteiger partial charge in [-0.05, 0) is 72.0 Å². The maximum atomic E-state index is 10.8. The summed E-state index contributed by atoms with van der Waals surface area (Å²) in [6, 6.07) is 22.1. The Bertz CT molecular complexity index is 1160. The van der Waals surface area contributed by atoms with Crippen LogP contribution in [0, 0.1) is 12.3 Å². The lowest BCUT2D eigenvalue weighted by Crippen LogP contribution is -1.99. The average Bonchev–Trinajstić information content (AvgIpc) is 2.84. The van der Waals surface area contributed by atoms with E-state index in [1.807, 2.05) is 42.5 Å². The fraction of sp³-hybridized carbons (Fsp3) is 0.143. The molecule has 0 heterocycles. The fourth-order valence-electron chi connectivity index (χ4n) is 3.58. The Morgan fingerprint density at radius 3 is 2.06 bits per heavy atom. The standard InChI is InChI=1S/C27H26N2O2.CH5N/c1-3-24(20-9-4-18(2)5-10-20)27(22-13-14-25(29)23(16-22)17-28)21-11-6-19(7-12-21)8-15-26(30)31;1-2/h4-17,28H,3,29H2,1-2H3,(H,30,31);2H2,1H3/b15-8+,27-24+,28-17?;. The minimum atomic E-state index is -0.974. The molecule has 3 aromatic carbocycles. The number of nitrogens with one attached hydrogen (secondary N) is 1. The van der Waals surface area contributed by atoms with Crippen molar-refractivity contribution >= 4 is 35.1 Å². The van der Waals surface area contributed by atoms with E-state index < -0.39 is 5.97 Å². The van der Waals surface area contributed by atoms with Crippen LogP contribution < -0.4 is 11.5 Å². The van der Waals surface area contributed by atoms with Crippen molar-refractivity contribution in [2.45, 2.75) is 20.3 Å². The van der Waals surface area contributed by atoms with Gasteiger partial charge in [-0.15, -0.1) is 0 Å². The Morgan fingerprint density at radius 2 is 1.52 bits per heavy atom. The van der Waals surface area contributed by atoms with Crippen LogP contribution in [0.3, 0.4) is 0 Å². The highest BCUT2D eigenvalue weighted by Gasteiger charge is 2.14. The first-order valence-corrected chi connectivity index (χ1v) is 10.7. The first-order valence-electron chi connectivity index (χ1n) is 10.7. The second-order valence-corrected chi connectivity index (χ2v) is 7.35. The van der Waals surface area contributed by atoms with E-state index in [-0.39, 0.29) is 0 Å². The first-order chi connectivity index (χ1) is 15.9. The Kier molecular flexibility index (Phi) is 9.33. The number of aliphatic carboxylic acids is 1. The molecule has 0 fully saturated rings. The third-order valence-electron chi connectivity index (χ3n) is 5.20. The van der Waals surface area contributed by atoms with Crippen LogP contribution in [-0.2, 0) is 4.79 Å². The van der Waals surface area contributed by atoms with Gasteiger partial charge in [0.15, 0.2) is 0 Å². The number of carbonyl (C=O) groups is 1. The zero-order valence-electron chi connectivity index (χ0n) is 19.3. The molecule has 33 heavy (non-hydrogen) atoms. The molecule has 0 saturated carbocycles. The second kappa shape index (κ2) is 12.2. The normalized spacial score (nSPS) is 11.4. The molecule has 0 amide bonds. The number of hydrogen-bond acceptors (Lipinski definition) is 4. The van der Waals surface area contributed by atoms with Gasteiger partial charge in [0.05, 0.1) is 0 Å². The zero-order valence-corrected chi connectivity index (χ0v) is 19.3. The van der Waals surface area contributed by atoms with Gasteiger partial charge in [0.2, 0.25) is 0 Å². The van der Waals surface area contributed by atoms with Crippen molar-refractivity contribution in [3.05, 3.63) is 106 Å². The molecule has 0 radical (unpaired) electrons. The van der Waals surface area contributed by atoms with Gasteiger partial charge in [-0.3, -0.25) is 0 Å². The average molecular weight is 442 g/mol. The lowest BCUT2D eigenvalue weighted by molar-refractivity contribution is -0.131. The summed E-state index contributed by atoms with van der Waals surface area (Å²) < 4.78 is 0. The predicted molar refractivity (Wildman–Crippen MR) is 139 cm³/mol.